The van der Waals surface area contributed by atoms with Gasteiger partial charge in [0, 0.05) is 28.6 Å². The number of aldehydes is 1. The zero-order valence-electron chi connectivity index (χ0n) is 12.8. The van der Waals surface area contributed by atoms with E-state index in [9.17, 15) is 9.59 Å². The van der Waals surface area contributed by atoms with Crippen molar-refractivity contribution in [3.63, 3.8) is 0 Å². The molecule has 0 saturated heterocycles. The highest BCUT2D eigenvalue weighted by atomic mass is 16.5. The molecule has 2 aromatic rings. The number of nitrogens with zero attached hydrogens (tertiary/aromatic N) is 1. The van der Waals surface area contributed by atoms with Crippen molar-refractivity contribution in [2.75, 3.05) is 6.61 Å². The minimum atomic E-state index is -0.0144. The standard InChI is InChI=1S/C18H19NO3/c1-12-9-17(13(2)19(12)15-5-6-15)18(21)11-22-16-7-3-14(10-20)4-8-16/h3-4,7-10,15H,5-6,11H2,1-2H3. The largest absolute Gasteiger partial charge is 0.485 e. The topological polar surface area (TPSA) is 48.3 Å². The maximum atomic E-state index is 12.4. The average Bonchev–Trinajstić information content (AvgIpc) is 3.31. The third-order valence-corrected chi connectivity index (χ3v) is 4.08. The van der Waals surface area contributed by atoms with Crippen LogP contribution in [0.25, 0.3) is 0 Å². The summed E-state index contributed by atoms with van der Waals surface area (Å²) in [5.74, 6) is 0.578. The Labute approximate surface area is 129 Å². The second kappa shape index (κ2) is 5.79. The summed E-state index contributed by atoms with van der Waals surface area (Å²) in [7, 11) is 0. The average molecular weight is 297 g/mol. The molecule has 3 rings (SSSR count). The number of hydrogen-bond acceptors (Lipinski definition) is 3. The highest BCUT2D eigenvalue weighted by Crippen LogP contribution is 2.38. The van der Waals surface area contributed by atoms with Gasteiger partial charge in [-0.05, 0) is 57.0 Å². The Morgan fingerprint density at radius 1 is 1.27 bits per heavy atom. The first-order chi connectivity index (χ1) is 10.6. The number of carbonyl (C=O) groups is 2. The van der Waals surface area contributed by atoms with Gasteiger partial charge in [-0.2, -0.15) is 0 Å². The van der Waals surface area contributed by atoms with E-state index in [0.29, 0.717) is 17.4 Å². The van der Waals surface area contributed by atoms with Gasteiger partial charge in [-0.1, -0.05) is 0 Å². The number of benzene rings is 1. The molecule has 0 atom stereocenters. The van der Waals surface area contributed by atoms with Crippen LogP contribution in [0.4, 0.5) is 0 Å². The zero-order valence-corrected chi connectivity index (χ0v) is 12.8. The predicted octanol–water partition coefficient (Wildman–Crippen LogP) is 3.51. The first kappa shape index (κ1) is 14.6. The van der Waals surface area contributed by atoms with E-state index in [1.807, 2.05) is 19.9 Å². The van der Waals surface area contributed by atoms with Crippen LogP contribution >= 0.6 is 0 Å². The Morgan fingerprint density at radius 2 is 1.95 bits per heavy atom. The smallest absolute Gasteiger partial charge is 0.202 e. The number of Topliss-reactive ketones (excluding diaryl/α,β-unsaturated/α-hetero) is 1. The minimum Gasteiger partial charge on any atom is -0.485 e. The number of carbonyl (C=O) groups excluding carboxylic acids is 2. The van der Waals surface area contributed by atoms with Gasteiger partial charge in [0.15, 0.2) is 6.61 Å². The van der Waals surface area contributed by atoms with Gasteiger partial charge in [0.2, 0.25) is 5.78 Å². The van der Waals surface area contributed by atoms with Crippen LogP contribution in [0.3, 0.4) is 0 Å². The Kier molecular flexibility index (Phi) is 3.84. The second-order valence-corrected chi connectivity index (χ2v) is 5.78. The fraction of sp³-hybridized carbons (Fsp3) is 0.333. The van der Waals surface area contributed by atoms with E-state index >= 15 is 0 Å². The number of rotatable bonds is 6. The molecule has 0 unspecified atom stereocenters. The van der Waals surface area contributed by atoms with E-state index < -0.39 is 0 Å². The summed E-state index contributed by atoms with van der Waals surface area (Å²) >= 11 is 0. The fourth-order valence-electron chi connectivity index (χ4n) is 2.82. The van der Waals surface area contributed by atoms with Gasteiger partial charge in [0.05, 0.1) is 0 Å². The molecule has 1 aromatic carbocycles. The number of hydrogen-bond donors (Lipinski definition) is 0. The molecule has 1 aliphatic rings. The summed E-state index contributed by atoms with van der Waals surface area (Å²) < 4.78 is 7.78. The lowest BCUT2D eigenvalue weighted by Gasteiger charge is -2.08. The molecule has 114 valence electrons. The molecule has 1 heterocycles. The van der Waals surface area contributed by atoms with Gasteiger partial charge in [-0.3, -0.25) is 9.59 Å². The second-order valence-electron chi connectivity index (χ2n) is 5.78. The quantitative estimate of drug-likeness (QED) is 0.605. The third-order valence-electron chi connectivity index (χ3n) is 4.08. The zero-order chi connectivity index (χ0) is 15.7. The summed E-state index contributed by atoms with van der Waals surface area (Å²) in [5.41, 5.74) is 3.50. The third kappa shape index (κ3) is 2.82. The Bertz CT molecular complexity index is 709. The van der Waals surface area contributed by atoms with Crippen molar-refractivity contribution in [3.8, 4) is 5.75 Å². The van der Waals surface area contributed by atoms with Crippen LogP contribution in [0.15, 0.2) is 30.3 Å². The van der Waals surface area contributed by atoms with Gasteiger partial charge >= 0.3 is 0 Å². The van der Waals surface area contributed by atoms with Crippen molar-refractivity contribution in [2.24, 2.45) is 0 Å². The summed E-state index contributed by atoms with van der Waals surface area (Å²) in [4.78, 5) is 23.0. The first-order valence-corrected chi connectivity index (χ1v) is 7.50. The van der Waals surface area contributed by atoms with E-state index in [-0.39, 0.29) is 12.4 Å². The van der Waals surface area contributed by atoms with Crippen LogP contribution in [0.1, 0.15) is 51.0 Å². The van der Waals surface area contributed by atoms with Crippen LogP contribution in [0.2, 0.25) is 0 Å². The van der Waals surface area contributed by atoms with Crippen LogP contribution in [0.5, 0.6) is 5.75 Å². The highest BCUT2D eigenvalue weighted by molar-refractivity contribution is 5.98. The SMILES string of the molecule is Cc1cc(C(=O)COc2ccc(C=O)cc2)c(C)n1C1CC1. The van der Waals surface area contributed by atoms with Gasteiger partial charge < -0.3 is 9.30 Å². The molecule has 0 N–H and O–H groups in total. The van der Waals surface area contributed by atoms with E-state index in [1.54, 1.807) is 24.3 Å². The predicted molar refractivity (Wildman–Crippen MR) is 83.8 cm³/mol. The molecule has 22 heavy (non-hydrogen) atoms. The van der Waals surface area contributed by atoms with Crippen molar-refractivity contribution < 1.29 is 14.3 Å². The van der Waals surface area contributed by atoms with Crippen molar-refractivity contribution in [3.05, 3.63) is 52.8 Å². The van der Waals surface area contributed by atoms with Crippen molar-refractivity contribution in [1.29, 1.82) is 0 Å². The normalized spacial score (nSPS) is 13.9. The van der Waals surface area contributed by atoms with Gasteiger partial charge in [-0.15, -0.1) is 0 Å². The molecular formula is C18H19NO3. The molecule has 4 nitrogen and oxygen atoms in total. The molecule has 0 spiro atoms. The van der Waals surface area contributed by atoms with E-state index in [0.717, 1.165) is 23.2 Å². The summed E-state index contributed by atoms with van der Waals surface area (Å²) in [6.07, 6.45) is 3.18. The number of ketones is 1. The minimum absolute atomic E-state index is 0.00932. The monoisotopic (exact) mass is 297 g/mol. The number of aryl methyl sites for hydroxylation is 1. The number of aromatic nitrogens is 1. The van der Waals surface area contributed by atoms with Crippen LogP contribution < -0.4 is 4.74 Å². The summed E-state index contributed by atoms with van der Waals surface area (Å²) in [6.45, 7) is 4.05. The lowest BCUT2D eigenvalue weighted by Crippen LogP contribution is -2.12. The highest BCUT2D eigenvalue weighted by Gasteiger charge is 2.28. The van der Waals surface area contributed by atoms with Gasteiger partial charge in [0.25, 0.3) is 0 Å². The van der Waals surface area contributed by atoms with Gasteiger partial charge in [0.1, 0.15) is 12.0 Å². The summed E-state index contributed by atoms with van der Waals surface area (Å²) in [6, 6.07) is 9.26. The Balaban J connectivity index is 1.69. The molecule has 1 saturated carbocycles. The van der Waals surface area contributed by atoms with Crippen molar-refractivity contribution in [1.82, 2.24) is 4.57 Å². The molecular weight excluding hydrogens is 278 g/mol. The molecule has 0 amide bonds. The van der Waals surface area contributed by atoms with Crippen LogP contribution in [-0.2, 0) is 0 Å². The Morgan fingerprint density at radius 3 is 2.55 bits per heavy atom. The molecule has 0 bridgehead atoms. The lowest BCUT2D eigenvalue weighted by molar-refractivity contribution is 0.0920. The Hall–Kier alpha value is -2.36. The molecule has 1 fully saturated rings. The van der Waals surface area contributed by atoms with Crippen LogP contribution in [0, 0.1) is 13.8 Å². The number of ether oxygens (including phenoxy) is 1. The van der Waals surface area contributed by atoms with Gasteiger partial charge in [-0.25, -0.2) is 0 Å². The van der Waals surface area contributed by atoms with Crippen LogP contribution in [-0.4, -0.2) is 23.2 Å². The maximum Gasteiger partial charge on any atom is 0.202 e. The van der Waals surface area contributed by atoms with Crippen molar-refractivity contribution in [2.45, 2.75) is 32.7 Å². The van der Waals surface area contributed by atoms with E-state index in [4.69, 9.17) is 4.74 Å². The fourth-order valence-corrected chi connectivity index (χ4v) is 2.82. The summed E-state index contributed by atoms with van der Waals surface area (Å²) in [5, 5.41) is 0. The first-order valence-electron chi connectivity index (χ1n) is 7.50. The lowest BCUT2D eigenvalue weighted by atomic mass is 10.1. The molecule has 0 radical (unpaired) electrons. The molecule has 1 aromatic heterocycles. The molecule has 4 heteroatoms. The van der Waals surface area contributed by atoms with E-state index in [2.05, 4.69) is 4.57 Å². The molecule has 1 aliphatic carbocycles. The molecule has 0 aliphatic heterocycles. The van der Waals surface area contributed by atoms with Crippen molar-refractivity contribution >= 4 is 12.1 Å². The van der Waals surface area contributed by atoms with E-state index in [1.165, 1.54) is 12.8 Å². The maximum absolute atomic E-state index is 12.4.